The van der Waals surface area contributed by atoms with Crippen LogP contribution in [0.5, 0.6) is 0 Å². The number of para-hydroxylation sites is 2. The van der Waals surface area contributed by atoms with E-state index in [1.54, 1.807) is 11.5 Å². The second kappa shape index (κ2) is 7.06. The number of imidazole rings is 1. The number of rotatable bonds is 6. The van der Waals surface area contributed by atoms with Gasteiger partial charge in [0.05, 0.1) is 23.7 Å². The highest BCUT2D eigenvalue weighted by atomic mass is 16.5. The minimum atomic E-state index is -0.318. The number of hydrogen-bond donors (Lipinski definition) is 1. The minimum absolute atomic E-state index is 0.0524. The molecule has 0 aliphatic carbocycles. The topological polar surface area (TPSA) is 73.2 Å². The van der Waals surface area contributed by atoms with E-state index in [4.69, 9.17) is 4.74 Å². The van der Waals surface area contributed by atoms with Crippen LogP contribution in [0.15, 0.2) is 24.3 Å². The Morgan fingerprint density at radius 3 is 2.73 bits per heavy atom. The Hall–Kier alpha value is -2.37. The highest BCUT2D eigenvalue weighted by molar-refractivity contribution is 5.79. The van der Waals surface area contributed by atoms with Crippen LogP contribution in [0, 0.1) is 0 Å². The first-order valence-corrected chi connectivity index (χ1v) is 7.41. The number of aromatic nitrogens is 2. The number of nitrogens with zero attached hydrogens (tertiary/aromatic N) is 2. The molecule has 118 valence electrons. The molecule has 1 aromatic heterocycles. The fourth-order valence-electron chi connectivity index (χ4n) is 2.17. The van der Waals surface area contributed by atoms with Gasteiger partial charge in [0.2, 0.25) is 5.91 Å². The Morgan fingerprint density at radius 2 is 2.05 bits per heavy atom. The quantitative estimate of drug-likeness (QED) is 0.829. The fourth-order valence-corrected chi connectivity index (χ4v) is 2.17. The van der Waals surface area contributed by atoms with Gasteiger partial charge in [0, 0.05) is 6.42 Å². The highest BCUT2D eigenvalue weighted by Gasteiger charge is 2.15. The number of amides is 1. The molecule has 0 unspecified atom stereocenters. The molecule has 0 radical (unpaired) electrons. The molecule has 0 aliphatic heterocycles. The van der Waals surface area contributed by atoms with Crippen molar-refractivity contribution in [1.29, 1.82) is 0 Å². The van der Waals surface area contributed by atoms with Gasteiger partial charge in [-0.15, -0.1) is 0 Å². The van der Waals surface area contributed by atoms with E-state index < -0.39 is 0 Å². The summed E-state index contributed by atoms with van der Waals surface area (Å²) in [6.45, 7) is 5.78. The first-order chi connectivity index (χ1) is 10.5. The Bertz CT molecular complexity index is 676. The largest absolute Gasteiger partial charge is 0.462 e. The summed E-state index contributed by atoms with van der Waals surface area (Å²) in [6.07, 6.45) is 0.251. The van der Waals surface area contributed by atoms with Crippen molar-refractivity contribution < 1.29 is 14.3 Å². The Kier molecular flexibility index (Phi) is 5.14. The van der Waals surface area contributed by atoms with Crippen LogP contribution >= 0.6 is 0 Å². The predicted octanol–water partition coefficient (Wildman–Crippen LogP) is 2.01. The summed E-state index contributed by atoms with van der Waals surface area (Å²) in [5.74, 6) is 0.272. The third-order valence-corrected chi connectivity index (χ3v) is 3.15. The first kappa shape index (κ1) is 16.0. The molecule has 1 heterocycles. The van der Waals surface area contributed by atoms with Gasteiger partial charge in [0.25, 0.3) is 0 Å². The van der Waals surface area contributed by atoms with Crippen LogP contribution in [0.3, 0.4) is 0 Å². The van der Waals surface area contributed by atoms with E-state index in [1.165, 1.54) is 0 Å². The van der Waals surface area contributed by atoms with Crippen molar-refractivity contribution in [2.45, 2.75) is 46.4 Å². The molecule has 22 heavy (non-hydrogen) atoms. The fraction of sp³-hybridized carbons (Fsp3) is 0.438. The third kappa shape index (κ3) is 3.84. The van der Waals surface area contributed by atoms with Crippen molar-refractivity contribution in [3.8, 4) is 0 Å². The molecule has 1 N–H and O–H groups in total. The van der Waals surface area contributed by atoms with Gasteiger partial charge < -0.3 is 14.6 Å². The zero-order valence-corrected chi connectivity index (χ0v) is 13.1. The van der Waals surface area contributed by atoms with Gasteiger partial charge in [-0.3, -0.25) is 9.59 Å². The smallest absolute Gasteiger partial charge is 0.326 e. The minimum Gasteiger partial charge on any atom is -0.462 e. The Morgan fingerprint density at radius 1 is 1.32 bits per heavy atom. The monoisotopic (exact) mass is 303 g/mol. The first-order valence-electron chi connectivity index (χ1n) is 7.41. The van der Waals surface area contributed by atoms with Crippen molar-refractivity contribution in [2.24, 2.45) is 0 Å². The van der Waals surface area contributed by atoms with Crippen LogP contribution in [-0.4, -0.2) is 27.5 Å². The van der Waals surface area contributed by atoms with Gasteiger partial charge in [-0.1, -0.05) is 19.1 Å². The molecule has 2 rings (SSSR count). The zero-order valence-electron chi connectivity index (χ0n) is 13.1. The maximum Gasteiger partial charge on any atom is 0.326 e. The van der Waals surface area contributed by atoms with Gasteiger partial charge in [-0.2, -0.15) is 0 Å². The number of hydrogen-bond acceptors (Lipinski definition) is 4. The van der Waals surface area contributed by atoms with Gasteiger partial charge in [0.1, 0.15) is 12.4 Å². The summed E-state index contributed by atoms with van der Waals surface area (Å²) in [5.41, 5.74) is 1.64. The SMILES string of the molecule is CCC(=O)NCc1nc2ccccc2n1CC(=O)OC(C)C. The average Bonchev–Trinajstić information content (AvgIpc) is 2.82. The van der Waals surface area contributed by atoms with E-state index in [0.717, 1.165) is 11.0 Å². The number of benzene rings is 1. The van der Waals surface area contributed by atoms with Crippen LogP contribution in [0.1, 0.15) is 33.0 Å². The molecule has 0 saturated heterocycles. The molecule has 1 amide bonds. The van der Waals surface area contributed by atoms with E-state index in [0.29, 0.717) is 12.2 Å². The normalized spacial score (nSPS) is 10.9. The molecule has 1 aromatic carbocycles. The van der Waals surface area contributed by atoms with E-state index in [-0.39, 0.29) is 31.1 Å². The lowest BCUT2D eigenvalue weighted by molar-refractivity contribution is -0.148. The van der Waals surface area contributed by atoms with Crippen LogP contribution in [0.4, 0.5) is 0 Å². The second-order valence-electron chi connectivity index (χ2n) is 5.27. The highest BCUT2D eigenvalue weighted by Crippen LogP contribution is 2.16. The number of fused-ring (bicyclic) bond motifs is 1. The summed E-state index contributed by atoms with van der Waals surface area (Å²) in [7, 11) is 0. The Balaban J connectivity index is 2.27. The molecule has 0 bridgehead atoms. The molecule has 0 spiro atoms. The van der Waals surface area contributed by atoms with Crippen LogP contribution in [-0.2, 0) is 27.4 Å². The third-order valence-electron chi connectivity index (χ3n) is 3.15. The van der Waals surface area contributed by atoms with Gasteiger partial charge in [0.15, 0.2) is 0 Å². The molecular weight excluding hydrogens is 282 g/mol. The lowest BCUT2D eigenvalue weighted by atomic mass is 10.3. The van der Waals surface area contributed by atoms with Crippen molar-refractivity contribution in [3.05, 3.63) is 30.1 Å². The lowest BCUT2D eigenvalue weighted by Crippen LogP contribution is -2.25. The van der Waals surface area contributed by atoms with Crippen molar-refractivity contribution >= 4 is 22.9 Å². The van der Waals surface area contributed by atoms with E-state index in [2.05, 4.69) is 10.3 Å². The van der Waals surface area contributed by atoms with Crippen LogP contribution < -0.4 is 5.32 Å². The average molecular weight is 303 g/mol. The number of esters is 1. The van der Waals surface area contributed by atoms with Crippen molar-refractivity contribution in [1.82, 2.24) is 14.9 Å². The van der Waals surface area contributed by atoms with Gasteiger partial charge in [-0.25, -0.2) is 4.98 Å². The van der Waals surface area contributed by atoms with Crippen LogP contribution in [0.2, 0.25) is 0 Å². The predicted molar refractivity (Wildman–Crippen MR) is 83.1 cm³/mol. The molecule has 0 fully saturated rings. The van der Waals surface area contributed by atoms with Crippen molar-refractivity contribution in [2.75, 3.05) is 0 Å². The Labute approximate surface area is 129 Å². The molecular formula is C16H21N3O3. The number of carbonyl (C=O) groups is 2. The molecule has 0 atom stereocenters. The molecule has 2 aromatic rings. The molecule has 6 heteroatoms. The van der Waals surface area contributed by atoms with E-state index in [1.807, 2.05) is 38.1 Å². The number of nitrogens with one attached hydrogen (secondary N) is 1. The summed E-state index contributed by atoms with van der Waals surface area (Å²) in [5, 5.41) is 2.79. The van der Waals surface area contributed by atoms with E-state index >= 15 is 0 Å². The summed E-state index contributed by atoms with van der Waals surface area (Å²) in [4.78, 5) is 27.9. The van der Waals surface area contributed by atoms with Gasteiger partial charge in [-0.05, 0) is 26.0 Å². The maximum absolute atomic E-state index is 12.0. The summed E-state index contributed by atoms with van der Waals surface area (Å²) >= 11 is 0. The molecule has 6 nitrogen and oxygen atoms in total. The second-order valence-corrected chi connectivity index (χ2v) is 5.27. The molecule has 0 aliphatic rings. The maximum atomic E-state index is 12.0. The van der Waals surface area contributed by atoms with E-state index in [9.17, 15) is 9.59 Å². The zero-order chi connectivity index (χ0) is 16.1. The number of ether oxygens (including phenoxy) is 1. The summed E-state index contributed by atoms with van der Waals surface area (Å²) < 4.78 is 6.99. The number of carbonyl (C=O) groups excluding carboxylic acids is 2. The molecule has 0 saturated carbocycles. The van der Waals surface area contributed by atoms with Crippen LogP contribution in [0.25, 0.3) is 11.0 Å². The lowest BCUT2D eigenvalue weighted by Gasteiger charge is -2.11. The summed E-state index contributed by atoms with van der Waals surface area (Å²) in [6, 6.07) is 7.56. The van der Waals surface area contributed by atoms with Gasteiger partial charge >= 0.3 is 5.97 Å². The standard InChI is InChI=1S/C16H21N3O3/c1-4-15(20)17-9-14-18-12-7-5-6-8-13(12)19(14)10-16(21)22-11(2)3/h5-8,11H,4,9-10H2,1-3H3,(H,17,20). The van der Waals surface area contributed by atoms with Crippen molar-refractivity contribution in [3.63, 3.8) is 0 Å².